The first kappa shape index (κ1) is 12.5. The van der Waals surface area contributed by atoms with Crippen LogP contribution in [0.1, 0.15) is 52.9 Å². The number of hydrogen-bond donors (Lipinski definition) is 0. The molecule has 0 aliphatic heterocycles. The van der Waals surface area contributed by atoms with E-state index >= 15 is 0 Å². The molecule has 0 N–H and O–H groups in total. The van der Waals surface area contributed by atoms with Crippen LogP contribution in [0, 0.1) is 0 Å². The fourth-order valence-electron chi connectivity index (χ4n) is 1.29. The summed E-state index contributed by atoms with van der Waals surface area (Å²) >= 11 is 0. The molecule has 0 fully saturated rings. The first-order valence-corrected chi connectivity index (χ1v) is 5.54. The van der Waals surface area contributed by atoms with Gasteiger partial charge in [0.05, 0.1) is 0 Å². The van der Waals surface area contributed by atoms with Crippen molar-refractivity contribution < 1.29 is 4.79 Å². The van der Waals surface area contributed by atoms with Gasteiger partial charge in [0.2, 0.25) is 5.91 Å². The van der Waals surface area contributed by atoms with E-state index in [1.165, 1.54) is 0 Å². The van der Waals surface area contributed by atoms with Gasteiger partial charge in [-0.15, -0.1) is 0 Å². The van der Waals surface area contributed by atoms with E-state index in [-0.39, 0.29) is 0 Å². The molecule has 1 amide bonds. The Morgan fingerprint density at radius 1 is 1.08 bits per heavy atom. The Balaban J connectivity index is 3.71. The van der Waals surface area contributed by atoms with E-state index in [1.807, 2.05) is 4.90 Å². The summed E-state index contributed by atoms with van der Waals surface area (Å²) in [4.78, 5) is 13.5. The molecule has 78 valence electrons. The molecule has 0 unspecified atom stereocenters. The average molecular weight is 185 g/mol. The van der Waals surface area contributed by atoms with Crippen LogP contribution < -0.4 is 0 Å². The maximum Gasteiger partial charge on any atom is 0.222 e. The zero-order valence-electron chi connectivity index (χ0n) is 9.31. The predicted octanol–water partition coefficient (Wildman–Crippen LogP) is 2.83. The van der Waals surface area contributed by atoms with Crippen LogP contribution in [0.25, 0.3) is 0 Å². The van der Waals surface area contributed by atoms with Crippen LogP contribution in [-0.4, -0.2) is 23.9 Å². The van der Waals surface area contributed by atoms with Crippen molar-refractivity contribution in [1.82, 2.24) is 4.90 Å². The monoisotopic (exact) mass is 185 g/mol. The standard InChI is InChI=1S/C11H23NO/c1-4-7-9-11(13)12(6-3)10-8-5-2/h4-10H2,1-3H3. The van der Waals surface area contributed by atoms with E-state index in [1.54, 1.807) is 0 Å². The number of carbonyl (C=O) groups excluding carboxylic acids is 1. The molecule has 0 atom stereocenters. The molecule has 2 heteroatoms. The van der Waals surface area contributed by atoms with Crippen molar-refractivity contribution in [2.45, 2.75) is 52.9 Å². The van der Waals surface area contributed by atoms with Crippen molar-refractivity contribution in [3.8, 4) is 0 Å². The molecule has 0 aromatic rings. The van der Waals surface area contributed by atoms with Crippen LogP contribution >= 0.6 is 0 Å². The minimum absolute atomic E-state index is 0.331. The minimum atomic E-state index is 0.331. The fourth-order valence-corrected chi connectivity index (χ4v) is 1.29. The van der Waals surface area contributed by atoms with Crippen LogP contribution in [0.3, 0.4) is 0 Å². The number of amides is 1. The van der Waals surface area contributed by atoms with E-state index in [2.05, 4.69) is 20.8 Å². The molecule has 0 heterocycles. The predicted molar refractivity (Wildman–Crippen MR) is 56.7 cm³/mol. The number of rotatable bonds is 7. The van der Waals surface area contributed by atoms with Gasteiger partial charge in [0, 0.05) is 19.5 Å². The summed E-state index contributed by atoms with van der Waals surface area (Å²) in [5.74, 6) is 0.331. The van der Waals surface area contributed by atoms with Gasteiger partial charge >= 0.3 is 0 Å². The highest BCUT2D eigenvalue weighted by atomic mass is 16.2. The van der Waals surface area contributed by atoms with E-state index < -0.39 is 0 Å². The van der Waals surface area contributed by atoms with Crippen LogP contribution in [0.2, 0.25) is 0 Å². The highest BCUT2D eigenvalue weighted by molar-refractivity contribution is 5.76. The Kier molecular flexibility index (Phi) is 7.76. The Morgan fingerprint density at radius 2 is 1.69 bits per heavy atom. The Bertz CT molecular complexity index is 134. The minimum Gasteiger partial charge on any atom is -0.343 e. The lowest BCUT2D eigenvalue weighted by Crippen LogP contribution is -2.31. The Labute approximate surface area is 82.3 Å². The maximum absolute atomic E-state index is 11.6. The first-order chi connectivity index (χ1) is 6.26. The SMILES string of the molecule is CCCCC(=O)N(CC)CCCC. The van der Waals surface area contributed by atoms with Crippen LogP contribution in [0.4, 0.5) is 0 Å². The van der Waals surface area contributed by atoms with E-state index in [9.17, 15) is 4.79 Å². The summed E-state index contributed by atoms with van der Waals surface area (Å²) in [6.07, 6.45) is 5.16. The summed E-state index contributed by atoms with van der Waals surface area (Å²) in [6.45, 7) is 8.14. The van der Waals surface area contributed by atoms with E-state index in [0.29, 0.717) is 5.91 Å². The van der Waals surface area contributed by atoms with E-state index in [4.69, 9.17) is 0 Å². The number of carbonyl (C=O) groups is 1. The van der Waals surface area contributed by atoms with Gasteiger partial charge < -0.3 is 4.90 Å². The summed E-state index contributed by atoms with van der Waals surface area (Å²) < 4.78 is 0. The Morgan fingerprint density at radius 3 is 2.15 bits per heavy atom. The molecule has 0 aliphatic carbocycles. The second-order valence-electron chi connectivity index (χ2n) is 3.43. The molecular weight excluding hydrogens is 162 g/mol. The highest BCUT2D eigenvalue weighted by Crippen LogP contribution is 2.02. The van der Waals surface area contributed by atoms with Gasteiger partial charge in [0.15, 0.2) is 0 Å². The molecule has 0 radical (unpaired) electrons. The lowest BCUT2D eigenvalue weighted by molar-refractivity contribution is -0.131. The van der Waals surface area contributed by atoms with Crippen molar-refractivity contribution in [3.05, 3.63) is 0 Å². The van der Waals surface area contributed by atoms with Crippen LogP contribution in [0.5, 0.6) is 0 Å². The van der Waals surface area contributed by atoms with Crippen LogP contribution in [-0.2, 0) is 4.79 Å². The largest absolute Gasteiger partial charge is 0.343 e. The summed E-state index contributed by atoms with van der Waals surface area (Å²) in [7, 11) is 0. The summed E-state index contributed by atoms with van der Waals surface area (Å²) in [5, 5.41) is 0. The molecule has 0 bridgehead atoms. The van der Waals surface area contributed by atoms with Gasteiger partial charge in [-0.3, -0.25) is 4.79 Å². The van der Waals surface area contributed by atoms with Gasteiger partial charge in [-0.25, -0.2) is 0 Å². The van der Waals surface area contributed by atoms with Crippen molar-refractivity contribution in [2.75, 3.05) is 13.1 Å². The molecule has 0 aromatic heterocycles. The first-order valence-electron chi connectivity index (χ1n) is 5.54. The molecule has 2 nitrogen and oxygen atoms in total. The third kappa shape index (κ3) is 5.67. The normalized spacial score (nSPS) is 10.1. The van der Waals surface area contributed by atoms with Crippen molar-refractivity contribution >= 4 is 5.91 Å². The van der Waals surface area contributed by atoms with Gasteiger partial charge in [-0.05, 0) is 19.8 Å². The molecule has 0 aliphatic rings. The quantitative estimate of drug-likeness (QED) is 0.597. The van der Waals surface area contributed by atoms with Gasteiger partial charge in [0.25, 0.3) is 0 Å². The fraction of sp³-hybridized carbons (Fsp3) is 0.909. The molecule has 0 saturated carbocycles. The van der Waals surface area contributed by atoms with Crippen molar-refractivity contribution in [1.29, 1.82) is 0 Å². The van der Waals surface area contributed by atoms with Gasteiger partial charge in [-0.2, -0.15) is 0 Å². The summed E-state index contributed by atoms with van der Waals surface area (Å²) in [6, 6.07) is 0. The molecule has 0 saturated heterocycles. The number of unbranched alkanes of at least 4 members (excludes halogenated alkanes) is 2. The molecule has 13 heavy (non-hydrogen) atoms. The number of nitrogens with zero attached hydrogens (tertiary/aromatic N) is 1. The summed E-state index contributed by atoms with van der Waals surface area (Å²) in [5.41, 5.74) is 0. The third-order valence-electron chi connectivity index (χ3n) is 2.26. The average Bonchev–Trinajstić information content (AvgIpc) is 2.16. The van der Waals surface area contributed by atoms with Gasteiger partial charge in [0.1, 0.15) is 0 Å². The number of hydrogen-bond acceptors (Lipinski definition) is 1. The van der Waals surface area contributed by atoms with Crippen LogP contribution in [0.15, 0.2) is 0 Å². The van der Waals surface area contributed by atoms with E-state index in [0.717, 1.165) is 45.2 Å². The van der Waals surface area contributed by atoms with Gasteiger partial charge in [-0.1, -0.05) is 26.7 Å². The molecular formula is C11H23NO. The lowest BCUT2D eigenvalue weighted by atomic mass is 10.2. The second kappa shape index (κ2) is 8.09. The molecule has 0 rings (SSSR count). The zero-order chi connectivity index (χ0) is 10.1. The van der Waals surface area contributed by atoms with Crippen molar-refractivity contribution in [2.24, 2.45) is 0 Å². The molecule has 0 aromatic carbocycles. The third-order valence-corrected chi connectivity index (χ3v) is 2.26. The zero-order valence-corrected chi connectivity index (χ0v) is 9.31. The molecule has 0 spiro atoms. The second-order valence-corrected chi connectivity index (χ2v) is 3.43. The Hall–Kier alpha value is -0.530. The maximum atomic E-state index is 11.6. The highest BCUT2D eigenvalue weighted by Gasteiger charge is 2.09. The van der Waals surface area contributed by atoms with Crippen molar-refractivity contribution in [3.63, 3.8) is 0 Å². The lowest BCUT2D eigenvalue weighted by Gasteiger charge is -2.20. The smallest absolute Gasteiger partial charge is 0.222 e. The topological polar surface area (TPSA) is 20.3 Å².